The highest BCUT2D eigenvalue weighted by molar-refractivity contribution is 6.28. The predicted molar refractivity (Wildman–Crippen MR) is 49.6 cm³/mol. The van der Waals surface area contributed by atoms with Crippen molar-refractivity contribution in [2.24, 2.45) is 0 Å². The number of alkyl halides is 3. The van der Waals surface area contributed by atoms with Gasteiger partial charge in [-0.15, -0.1) is 0 Å². The highest BCUT2D eigenvalue weighted by Gasteiger charge is 2.30. The second-order valence-electron chi connectivity index (χ2n) is 2.91. The summed E-state index contributed by atoms with van der Waals surface area (Å²) >= 11 is 5.48. The molecule has 2 aromatic rings. The smallest absolute Gasteiger partial charge is 0.226 e. The van der Waals surface area contributed by atoms with Gasteiger partial charge in [-0.2, -0.15) is 13.2 Å². The fraction of sp³-hybridized carbons (Fsp3) is 0.111. The largest absolute Gasteiger partial charge is 0.416 e. The van der Waals surface area contributed by atoms with E-state index in [1.807, 2.05) is 0 Å². The molecule has 0 N–H and O–H groups in total. The number of benzene rings is 1. The van der Waals surface area contributed by atoms with E-state index in [2.05, 4.69) is 9.97 Å². The number of aromatic nitrogens is 2. The topological polar surface area (TPSA) is 25.8 Å². The van der Waals surface area contributed by atoms with Gasteiger partial charge in [-0.05, 0) is 23.7 Å². The maximum atomic E-state index is 12.3. The molecule has 0 aliphatic rings. The van der Waals surface area contributed by atoms with E-state index in [4.69, 9.17) is 11.6 Å². The Morgan fingerprint density at radius 1 is 1.20 bits per heavy atom. The van der Waals surface area contributed by atoms with Crippen molar-refractivity contribution in [1.29, 1.82) is 0 Å². The molecule has 0 radical (unpaired) electrons. The summed E-state index contributed by atoms with van der Waals surface area (Å²) in [6.07, 6.45) is -2.99. The summed E-state index contributed by atoms with van der Waals surface area (Å²) in [6, 6.07) is 3.25. The zero-order valence-electron chi connectivity index (χ0n) is 7.22. The molecule has 0 fully saturated rings. The normalized spacial score (nSPS) is 12.0. The molecule has 0 aliphatic carbocycles. The highest BCUT2D eigenvalue weighted by Crippen LogP contribution is 2.30. The third-order valence-corrected chi connectivity index (χ3v) is 2.06. The van der Waals surface area contributed by atoms with Crippen LogP contribution in [-0.2, 0) is 6.18 Å². The molecule has 78 valence electrons. The molecule has 1 heterocycles. The molecule has 0 saturated carbocycles. The first kappa shape index (κ1) is 10.2. The number of halogens is 4. The lowest BCUT2D eigenvalue weighted by atomic mass is 10.1. The minimum absolute atomic E-state index is 0.0678. The van der Waals surface area contributed by atoms with E-state index in [1.165, 1.54) is 12.3 Å². The van der Waals surface area contributed by atoms with Crippen LogP contribution in [0, 0.1) is 0 Å². The van der Waals surface area contributed by atoms with Gasteiger partial charge in [0.15, 0.2) is 0 Å². The fourth-order valence-electron chi connectivity index (χ4n) is 1.18. The highest BCUT2D eigenvalue weighted by atomic mass is 35.5. The molecule has 2 nitrogen and oxygen atoms in total. The van der Waals surface area contributed by atoms with E-state index in [-0.39, 0.29) is 10.8 Å². The zero-order valence-corrected chi connectivity index (χ0v) is 7.97. The van der Waals surface area contributed by atoms with Crippen LogP contribution < -0.4 is 0 Å². The van der Waals surface area contributed by atoms with Gasteiger partial charge >= 0.3 is 6.18 Å². The van der Waals surface area contributed by atoms with Gasteiger partial charge < -0.3 is 0 Å². The Hall–Kier alpha value is -1.36. The summed E-state index contributed by atoms with van der Waals surface area (Å²) in [6.45, 7) is 0. The van der Waals surface area contributed by atoms with Crippen LogP contribution in [0.4, 0.5) is 13.2 Å². The second kappa shape index (κ2) is 3.34. The van der Waals surface area contributed by atoms with E-state index >= 15 is 0 Å². The molecule has 0 aliphatic heterocycles. The quantitative estimate of drug-likeness (QED) is 0.652. The third-order valence-electron chi connectivity index (χ3n) is 1.88. The first-order chi connectivity index (χ1) is 6.97. The minimum atomic E-state index is -4.37. The summed E-state index contributed by atoms with van der Waals surface area (Å²) in [5, 5.41) is 0.453. The van der Waals surface area contributed by atoms with Gasteiger partial charge in [-0.3, -0.25) is 0 Å². The Morgan fingerprint density at radius 3 is 2.60 bits per heavy atom. The lowest BCUT2D eigenvalue weighted by molar-refractivity contribution is -0.137. The average Bonchev–Trinajstić information content (AvgIpc) is 2.15. The lowest BCUT2D eigenvalue weighted by Crippen LogP contribution is -2.04. The van der Waals surface area contributed by atoms with Gasteiger partial charge in [0.25, 0.3) is 0 Å². The molecule has 1 aromatic carbocycles. The van der Waals surface area contributed by atoms with Crippen molar-refractivity contribution in [3.05, 3.63) is 35.2 Å². The Bertz CT molecular complexity index is 510. The number of nitrogens with zero attached hydrogens (tertiary/aromatic N) is 2. The van der Waals surface area contributed by atoms with Gasteiger partial charge in [-0.25, -0.2) is 9.97 Å². The van der Waals surface area contributed by atoms with Crippen molar-refractivity contribution in [2.45, 2.75) is 6.18 Å². The standard InChI is InChI=1S/C9H4ClF3N2/c10-8-14-4-5-1-2-6(9(11,12)13)3-7(5)15-8/h1-4H. The van der Waals surface area contributed by atoms with Gasteiger partial charge in [-0.1, -0.05) is 6.07 Å². The number of fused-ring (bicyclic) bond motifs is 1. The second-order valence-corrected chi connectivity index (χ2v) is 3.25. The lowest BCUT2D eigenvalue weighted by Gasteiger charge is -2.06. The van der Waals surface area contributed by atoms with Crippen LogP contribution in [-0.4, -0.2) is 9.97 Å². The van der Waals surface area contributed by atoms with Crippen molar-refractivity contribution in [1.82, 2.24) is 9.97 Å². The molecule has 0 amide bonds. The van der Waals surface area contributed by atoms with Crippen LogP contribution >= 0.6 is 11.6 Å². The Labute approximate surface area is 87.7 Å². The predicted octanol–water partition coefficient (Wildman–Crippen LogP) is 3.30. The monoisotopic (exact) mass is 232 g/mol. The third kappa shape index (κ3) is 2.02. The van der Waals surface area contributed by atoms with Crippen LogP contribution in [0.2, 0.25) is 5.28 Å². The summed E-state index contributed by atoms with van der Waals surface area (Å²) in [4.78, 5) is 7.38. The fourth-order valence-corrected chi connectivity index (χ4v) is 1.32. The molecule has 0 atom stereocenters. The van der Waals surface area contributed by atoms with E-state index in [0.717, 1.165) is 12.1 Å². The van der Waals surface area contributed by atoms with E-state index in [0.29, 0.717) is 5.39 Å². The van der Waals surface area contributed by atoms with E-state index in [9.17, 15) is 13.2 Å². The molecular formula is C9H4ClF3N2. The summed E-state index contributed by atoms with van der Waals surface area (Å²) < 4.78 is 37.0. The van der Waals surface area contributed by atoms with Crippen molar-refractivity contribution in [3.63, 3.8) is 0 Å². The van der Waals surface area contributed by atoms with E-state index < -0.39 is 11.7 Å². The molecule has 15 heavy (non-hydrogen) atoms. The SMILES string of the molecule is FC(F)(F)c1ccc2cnc(Cl)nc2c1. The van der Waals surface area contributed by atoms with Crippen LogP contribution in [0.3, 0.4) is 0 Å². The van der Waals surface area contributed by atoms with Crippen molar-refractivity contribution < 1.29 is 13.2 Å². The van der Waals surface area contributed by atoms with Crippen molar-refractivity contribution in [2.75, 3.05) is 0 Å². The number of hydrogen-bond acceptors (Lipinski definition) is 2. The first-order valence-corrected chi connectivity index (χ1v) is 4.34. The van der Waals surface area contributed by atoms with Crippen molar-refractivity contribution in [3.8, 4) is 0 Å². The Morgan fingerprint density at radius 2 is 1.93 bits per heavy atom. The number of rotatable bonds is 0. The van der Waals surface area contributed by atoms with Crippen LogP contribution in [0.5, 0.6) is 0 Å². The van der Waals surface area contributed by atoms with Crippen LogP contribution in [0.15, 0.2) is 24.4 Å². The maximum absolute atomic E-state index is 12.3. The summed E-state index contributed by atoms with van der Waals surface area (Å²) in [5.74, 6) is 0. The molecule has 0 unspecified atom stereocenters. The van der Waals surface area contributed by atoms with Crippen LogP contribution in [0.25, 0.3) is 10.9 Å². The van der Waals surface area contributed by atoms with Gasteiger partial charge in [0.05, 0.1) is 11.1 Å². The first-order valence-electron chi connectivity index (χ1n) is 3.96. The average molecular weight is 233 g/mol. The molecule has 0 spiro atoms. The summed E-state index contributed by atoms with van der Waals surface area (Å²) in [7, 11) is 0. The molecule has 0 bridgehead atoms. The van der Waals surface area contributed by atoms with Crippen LogP contribution in [0.1, 0.15) is 5.56 Å². The zero-order chi connectivity index (χ0) is 11.1. The molecule has 6 heteroatoms. The number of hydrogen-bond donors (Lipinski definition) is 0. The Balaban J connectivity index is 2.64. The minimum Gasteiger partial charge on any atom is -0.226 e. The molecule has 2 rings (SSSR count). The van der Waals surface area contributed by atoms with Gasteiger partial charge in [0, 0.05) is 11.6 Å². The Kier molecular flexibility index (Phi) is 2.26. The molecule has 1 aromatic heterocycles. The van der Waals surface area contributed by atoms with E-state index in [1.54, 1.807) is 0 Å². The van der Waals surface area contributed by atoms with Crippen molar-refractivity contribution >= 4 is 22.5 Å². The molecule has 0 saturated heterocycles. The maximum Gasteiger partial charge on any atom is 0.416 e. The summed E-state index contributed by atoms with van der Waals surface area (Å²) in [5.41, 5.74) is -0.561. The van der Waals surface area contributed by atoms with Gasteiger partial charge in [0.1, 0.15) is 0 Å². The van der Waals surface area contributed by atoms with Gasteiger partial charge in [0.2, 0.25) is 5.28 Å². The molecular weight excluding hydrogens is 229 g/mol.